The molecule has 5 heterocycles. The molecule has 0 aliphatic carbocycles. The van der Waals surface area contributed by atoms with Crippen molar-refractivity contribution in [3.05, 3.63) is 95.3 Å². The Balaban J connectivity index is 1.31. The fourth-order valence-electron chi connectivity index (χ4n) is 5.14. The lowest BCUT2D eigenvalue weighted by atomic mass is 10.1. The van der Waals surface area contributed by atoms with E-state index in [4.69, 9.17) is 0 Å². The first-order valence-corrected chi connectivity index (χ1v) is 12.1. The Morgan fingerprint density at radius 1 is 1.03 bits per heavy atom. The summed E-state index contributed by atoms with van der Waals surface area (Å²) in [6, 6.07) is 15.5. The highest BCUT2D eigenvalue weighted by molar-refractivity contribution is 5.85. The molecule has 1 aromatic carbocycles. The van der Waals surface area contributed by atoms with Crippen LogP contribution >= 0.6 is 0 Å². The van der Waals surface area contributed by atoms with Crippen LogP contribution in [0.1, 0.15) is 28.8 Å². The summed E-state index contributed by atoms with van der Waals surface area (Å²) in [5.41, 5.74) is 4.34. The first kappa shape index (κ1) is 22.9. The van der Waals surface area contributed by atoms with Crippen molar-refractivity contribution < 1.29 is 9.90 Å². The number of imidazole rings is 2. The van der Waals surface area contributed by atoms with Crippen LogP contribution in [0.15, 0.2) is 78.1 Å². The van der Waals surface area contributed by atoms with Gasteiger partial charge in [-0.15, -0.1) is 0 Å². The molecule has 1 N–H and O–H groups in total. The summed E-state index contributed by atoms with van der Waals surface area (Å²) >= 11 is 0. The van der Waals surface area contributed by atoms with Crippen LogP contribution in [0.2, 0.25) is 0 Å². The number of aromatic carboxylic acids is 1. The van der Waals surface area contributed by atoms with Gasteiger partial charge in [0.2, 0.25) is 0 Å². The maximum Gasteiger partial charge on any atom is 0.354 e. The third-order valence-corrected chi connectivity index (χ3v) is 7.05. The minimum Gasteiger partial charge on any atom is -0.477 e. The fourth-order valence-corrected chi connectivity index (χ4v) is 5.14. The van der Waals surface area contributed by atoms with Gasteiger partial charge in [0.25, 0.3) is 0 Å². The quantitative estimate of drug-likeness (QED) is 0.385. The van der Waals surface area contributed by atoms with Gasteiger partial charge >= 0.3 is 11.7 Å². The van der Waals surface area contributed by atoms with Crippen molar-refractivity contribution >= 4 is 17.1 Å². The van der Waals surface area contributed by atoms with Gasteiger partial charge in [0.05, 0.1) is 30.0 Å². The van der Waals surface area contributed by atoms with E-state index in [0.29, 0.717) is 24.6 Å². The zero-order valence-corrected chi connectivity index (χ0v) is 20.2. The van der Waals surface area contributed by atoms with Gasteiger partial charge in [0.1, 0.15) is 11.5 Å². The number of hydrogen-bond donors (Lipinski definition) is 1. The lowest BCUT2D eigenvalue weighted by Gasteiger charge is -2.16. The predicted octanol–water partition coefficient (Wildman–Crippen LogP) is 3.13. The molecule has 1 atom stereocenters. The number of hydrogen-bond acceptors (Lipinski definition) is 6. The number of pyridine rings is 2. The molecule has 0 amide bonds. The molecule has 0 bridgehead atoms. The lowest BCUT2D eigenvalue weighted by Crippen LogP contribution is -2.29. The van der Waals surface area contributed by atoms with E-state index in [1.54, 1.807) is 39.3 Å². The van der Waals surface area contributed by atoms with Gasteiger partial charge in [-0.1, -0.05) is 12.1 Å². The predicted molar refractivity (Wildman–Crippen MR) is 138 cm³/mol. The van der Waals surface area contributed by atoms with Crippen molar-refractivity contribution in [2.45, 2.75) is 19.0 Å². The van der Waals surface area contributed by atoms with Crippen molar-refractivity contribution in [2.24, 2.45) is 7.05 Å². The van der Waals surface area contributed by atoms with Crippen molar-refractivity contribution in [1.82, 2.24) is 33.6 Å². The molecule has 5 aromatic rings. The number of carboxylic acids is 1. The molecule has 186 valence electrons. The number of carboxylic acid groups (broad SMARTS) is 1. The first-order valence-electron chi connectivity index (χ1n) is 12.1. The highest BCUT2D eigenvalue weighted by atomic mass is 16.4. The van der Waals surface area contributed by atoms with Crippen LogP contribution in [-0.4, -0.2) is 57.7 Å². The minimum atomic E-state index is -1.00. The summed E-state index contributed by atoms with van der Waals surface area (Å²) < 4.78 is 5.12. The third-order valence-electron chi connectivity index (χ3n) is 7.05. The molecular formula is C27H25N7O3. The topological polar surface area (TPSA) is 111 Å². The molecule has 0 radical (unpaired) electrons. The second-order valence-electron chi connectivity index (χ2n) is 9.22. The van der Waals surface area contributed by atoms with Crippen LogP contribution in [0.3, 0.4) is 0 Å². The van der Waals surface area contributed by atoms with Crippen molar-refractivity contribution in [3.63, 3.8) is 0 Å². The van der Waals surface area contributed by atoms with Crippen LogP contribution in [0.5, 0.6) is 0 Å². The summed E-state index contributed by atoms with van der Waals surface area (Å²) in [4.78, 5) is 40.3. The van der Waals surface area contributed by atoms with E-state index in [1.807, 2.05) is 48.5 Å². The number of benzene rings is 1. The summed E-state index contributed by atoms with van der Waals surface area (Å²) in [6.45, 7) is 1.93. The number of nitrogens with zero attached hydrogens (tertiary/aromatic N) is 7. The van der Waals surface area contributed by atoms with Gasteiger partial charge in [-0.05, 0) is 53.9 Å². The smallest absolute Gasteiger partial charge is 0.354 e. The van der Waals surface area contributed by atoms with Gasteiger partial charge in [-0.25, -0.2) is 19.6 Å². The van der Waals surface area contributed by atoms with Crippen molar-refractivity contribution in [2.75, 3.05) is 13.1 Å². The Kier molecular flexibility index (Phi) is 5.65. The molecule has 10 nitrogen and oxygen atoms in total. The van der Waals surface area contributed by atoms with Crippen molar-refractivity contribution in [1.29, 1.82) is 0 Å². The van der Waals surface area contributed by atoms with Gasteiger partial charge in [0.15, 0.2) is 5.65 Å². The second-order valence-corrected chi connectivity index (χ2v) is 9.22. The Labute approximate surface area is 212 Å². The molecule has 4 aromatic heterocycles. The molecule has 0 spiro atoms. The number of likely N-dealkylation sites (tertiary alicyclic amines) is 1. The highest BCUT2D eigenvalue weighted by Crippen LogP contribution is 2.27. The van der Waals surface area contributed by atoms with Gasteiger partial charge < -0.3 is 9.67 Å². The molecule has 1 unspecified atom stereocenters. The first-order chi connectivity index (χ1) is 18.0. The Bertz CT molecular complexity index is 1650. The molecule has 6 rings (SSSR count). The normalized spacial score (nSPS) is 16.0. The zero-order chi connectivity index (χ0) is 25.5. The monoisotopic (exact) mass is 495 g/mol. The third kappa shape index (κ3) is 4.01. The zero-order valence-electron chi connectivity index (χ0n) is 20.2. The van der Waals surface area contributed by atoms with E-state index in [0.717, 1.165) is 35.3 Å². The maximum absolute atomic E-state index is 13.8. The summed E-state index contributed by atoms with van der Waals surface area (Å²) in [7, 11) is 1.71. The van der Waals surface area contributed by atoms with Crippen molar-refractivity contribution in [3.8, 4) is 16.8 Å². The Morgan fingerprint density at radius 2 is 1.78 bits per heavy atom. The number of rotatable bonds is 6. The Morgan fingerprint density at radius 3 is 2.51 bits per heavy atom. The number of fused-ring (bicyclic) bond motifs is 1. The molecular weight excluding hydrogens is 470 g/mol. The average Bonchev–Trinajstić information content (AvgIpc) is 3.60. The van der Waals surface area contributed by atoms with Crippen LogP contribution < -0.4 is 5.69 Å². The van der Waals surface area contributed by atoms with E-state index in [9.17, 15) is 14.7 Å². The summed E-state index contributed by atoms with van der Waals surface area (Å²) in [5.74, 6) is -0.319. The standard InChI is InChI=1S/C27H25N7O3/c1-31-23(26(35)36)15-30-24(31)17-32-14-10-21(16-32)34-25-22(3-2-11-29-25)33(27(34)37)20-6-4-18(5-7-20)19-8-12-28-13-9-19/h2-9,11-13,15,21H,10,14,16-17H2,1H3,(H,35,36). The molecule has 1 aliphatic rings. The molecule has 1 saturated heterocycles. The van der Waals surface area contributed by atoms with E-state index in [1.165, 1.54) is 6.20 Å². The second kappa shape index (κ2) is 9.14. The molecule has 10 heteroatoms. The SMILES string of the molecule is Cn1c(C(=O)O)cnc1CN1CCC(n2c(=O)n(-c3ccc(-c4ccncc4)cc3)c3cccnc32)C1. The van der Waals surface area contributed by atoms with E-state index >= 15 is 0 Å². The van der Waals surface area contributed by atoms with E-state index in [2.05, 4.69) is 19.9 Å². The largest absolute Gasteiger partial charge is 0.477 e. The lowest BCUT2D eigenvalue weighted by molar-refractivity contribution is 0.0686. The van der Waals surface area contributed by atoms with E-state index in [-0.39, 0.29) is 17.4 Å². The molecule has 0 saturated carbocycles. The van der Waals surface area contributed by atoms with Crippen LogP contribution in [-0.2, 0) is 13.6 Å². The average molecular weight is 496 g/mol. The fraction of sp³-hybridized carbons (Fsp3) is 0.222. The van der Waals surface area contributed by atoms with Gasteiger partial charge in [-0.3, -0.25) is 19.0 Å². The van der Waals surface area contributed by atoms with Crippen LogP contribution in [0, 0.1) is 0 Å². The highest BCUT2D eigenvalue weighted by Gasteiger charge is 2.29. The minimum absolute atomic E-state index is 0.0542. The molecule has 1 aliphatic heterocycles. The van der Waals surface area contributed by atoms with Crippen LogP contribution in [0.25, 0.3) is 28.0 Å². The van der Waals surface area contributed by atoms with Gasteiger partial charge in [-0.2, -0.15) is 0 Å². The van der Waals surface area contributed by atoms with Gasteiger partial charge in [0, 0.05) is 38.7 Å². The van der Waals surface area contributed by atoms with E-state index < -0.39 is 5.97 Å². The number of aromatic nitrogens is 6. The summed E-state index contributed by atoms with van der Waals surface area (Å²) in [6.07, 6.45) is 7.40. The molecule has 1 fully saturated rings. The Hall–Kier alpha value is -4.57. The molecule has 37 heavy (non-hydrogen) atoms. The maximum atomic E-state index is 13.8. The van der Waals surface area contributed by atoms with Crippen LogP contribution in [0.4, 0.5) is 0 Å². The summed E-state index contributed by atoms with van der Waals surface area (Å²) in [5, 5.41) is 9.31. The number of carbonyl (C=O) groups is 1.